The van der Waals surface area contributed by atoms with Gasteiger partial charge in [0.15, 0.2) is 0 Å². The maximum Gasteiger partial charge on any atom is 0.325 e. The summed E-state index contributed by atoms with van der Waals surface area (Å²) < 4.78 is 0. The Balaban J connectivity index is 0.00000338. The second-order valence-corrected chi connectivity index (χ2v) is 8.39. The summed E-state index contributed by atoms with van der Waals surface area (Å²) in [5, 5.41) is 5.60. The SMILES string of the molecule is CC(C)(C)C1CCC2(CC1)NC(=O)N(CC(=O)NCCCCN)C2=O.Cl. The summed E-state index contributed by atoms with van der Waals surface area (Å²) in [6, 6.07) is -0.448. The number of carbonyl (C=O) groups excluding carboxylic acids is 3. The van der Waals surface area contributed by atoms with Crippen LogP contribution >= 0.6 is 12.4 Å². The van der Waals surface area contributed by atoms with Crippen LogP contribution in [0.15, 0.2) is 0 Å². The van der Waals surface area contributed by atoms with Crippen molar-refractivity contribution in [2.24, 2.45) is 17.1 Å². The molecule has 4 N–H and O–H groups in total. The van der Waals surface area contributed by atoms with Gasteiger partial charge in [-0.1, -0.05) is 20.8 Å². The Labute approximate surface area is 162 Å². The summed E-state index contributed by atoms with van der Waals surface area (Å²) in [6.07, 6.45) is 4.74. The Hall–Kier alpha value is -1.34. The normalized spacial score (nSPS) is 25.8. The molecule has 7 nitrogen and oxygen atoms in total. The van der Waals surface area contributed by atoms with Crippen LogP contribution < -0.4 is 16.4 Å². The van der Waals surface area contributed by atoms with Crippen LogP contribution in [0.3, 0.4) is 0 Å². The first-order valence-electron chi connectivity index (χ1n) is 9.30. The average Bonchev–Trinajstić information content (AvgIpc) is 2.75. The minimum atomic E-state index is -0.807. The highest BCUT2D eigenvalue weighted by Crippen LogP contribution is 2.43. The van der Waals surface area contributed by atoms with Gasteiger partial charge in [-0.25, -0.2) is 4.79 Å². The second kappa shape index (κ2) is 9.04. The van der Waals surface area contributed by atoms with Crippen molar-refractivity contribution in [3.8, 4) is 0 Å². The van der Waals surface area contributed by atoms with Gasteiger partial charge in [0.1, 0.15) is 12.1 Å². The number of nitrogens with two attached hydrogens (primary N) is 1. The van der Waals surface area contributed by atoms with E-state index in [9.17, 15) is 14.4 Å². The fourth-order valence-electron chi connectivity index (χ4n) is 3.83. The van der Waals surface area contributed by atoms with Crippen LogP contribution in [0.25, 0.3) is 0 Å². The Morgan fingerprint density at radius 1 is 1.27 bits per heavy atom. The molecule has 0 atom stereocenters. The third kappa shape index (κ3) is 5.10. The van der Waals surface area contributed by atoms with E-state index in [0.717, 1.165) is 30.6 Å². The first-order valence-corrected chi connectivity index (χ1v) is 9.30. The fraction of sp³-hybridized carbons (Fsp3) is 0.833. The number of rotatable bonds is 6. The van der Waals surface area contributed by atoms with E-state index in [1.165, 1.54) is 0 Å². The molecular formula is C18H33ClN4O3. The molecule has 150 valence electrons. The van der Waals surface area contributed by atoms with Gasteiger partial charge in [0.2, 0.25) is 5.91 Å². The van der Waals surface area contributed by atoms with Crippen LogP contribution in [0.2, 0.25) is 0 Å². The summed E-state index contributed by atoms with van der Waals surface area (Å²) in [4.78, 5) is 38.1. The molecule has 0 aromatic carbocycles. The third-order valence-corrected chi connectivity index (χ3v) is 5.56. The van der Waals surface area contributed by atoms with Crippen LogP contribution in [0, 0.1) is 11.3 Å². The van der Waals surface area contributed by atoms with Crippen molar-refractivity contribution in [3.05, 3.63) is 0 Å². The van der Waals surface area contributed by atoms with Gasteiger partial charge in [-0.05, 0) is 56.4 Å². The quantitative estimate of drug-likeness (QED) is 0.476. The highest BCUT2D eigenvalue weighted by molar-refractivity contribution is 6.09. The predicted octanol–water partition coefficient (Wildman–Crippen LogP) is 1.79. The van der Waals surface area contributed by atoms with E-state index in [4.69, 9.17) is 5.73 Å². The fourth-order valence-corrected chi connectivity index (χ4v) is 3.83. The molecule has 8 heteroatoms. The molecule has 1 spiro atoms. The molecule has 2 fully saturated rings. The number of carbonyl (C=O) groups is 3. The number of halogens is 1. The van der Waals surface area contributed by atoms with Crippen LogP contribution in [0.5, 0.6) is 0 Å². The Kier molecular flexibility index (Phi) is 7.89. The third-order valence-electron chi connectivity index (χ3n) is 5.56. The monoisotopic (exact) mass is 388 g/mol. The molecule has 1 aliphatic heterocycles. The van der Waals surface area contributed by atoms with Crippen molar-refractivity contribution >= 4 is 30.3 Å². The number of nitrogens with one attached hydrogen (secondary N) is 2. The highest BCUT2D eigenvalue weighted by Gasteiger charge is 2.53. The number of unbranched alkanes of at least 4 members (excludes halogenated alkanes) is 1. The molecule has 0 radical (unpaired) electrons. The van der Waals surface area contributed by atoms with E-state index in [2.05, 4.69) is 31.4 Å². The highest BCUT2D eigenvalue weighted by atomic mass is 35.5. The number of hydrogen-bond donors (Lipinski definition) is 3. The first-order chi connectivity index (χ1) is 11.7. The smallest absolute Gasteiger partial charge is 0.325 e. The molecule has 1 saturated heterocycles. The lowest BCUT2D eigenvalue weighted by molar-refractivity contribution is -0.136. The zero-order valence-electron chi connectivity index (χ0n) is 16.1. The van der Waals surface area contributed by atoms with Gasteiger partial charge in [0.25, 0.3) is 5.91 Å². The molecule has 0 unspecified atom stereocenters. The summed E-state index contributed by atoms with van der Waals surface area (Å²) in [6.45, 7) is 7.53. The molecule has 0 bridgehead atoms. The minimum Gasteiger partial charge on any atom is -0.355 e. The molecule has 4 amide bonds. The number of nitrogens with zero attached hydrogens (tertiary/aromatic N) is 1. The summed E-state index contributed by atoms with van der Waals surface area (Å²) in [5.41, 5.74) is 4.81. The van der Waals surface area contributed by atoms with Crippen molar-refractivity contribution < 1.29 is 14.4 Å². The Bertz CT molecular complexity index is 525. The Morgan fingerprint density at radius 3 is 2.42 bits per heavy atom. The summed E-state index contributed by atoms with van der Waals surface area (Å²) in [5.74, 6) is -0.00867. The zero-order valence-corrected chi connectivity index (χ0v) is 16.9. The van der Waals surface area contributed by atoms with E-state index in [-0.39, 0.29) is 36.2 Å². The predicted molar refractivity (Wildman–Crippen MR) is 103 cm³/mol. The molecule has 1 saturated carbocycles. The lowest BCUT2D eigenvalue weighted by atomic mass is 9.67. The van der Waals surface area contributed by atoms with E-state index < -0.39 is 11.6 Å². The van der Waals surface area contributed by atoms with Gasteiger partial charge in [0.05, 0.1) is 0 Å². The second-order valence-electron chi connectivity index (χ2n) is 8.39. The number of amides is 4. The molecule has 1 aliphatic carbocycles. The topological polar surface area (TPSA) is 105 Å². The van der Waals surface area contributed by atoms with Gasteiger partial charge >= 0.3 is 6.03 Å². The van der Waals surface area contributed by atoms with E-state index in [1.54, 1.807) is 0 Å². The van der Waals surface area contributed by atoms with E-state index >= 15 is 0 Å². The molecule has 26 heavy (non-hydrogen) atoms. The number of hydrogen-bond acceptors (Lipinski definition) is 4. The molecular weight excluding hydrogens is 356 g/mol. The van der Waals surface area contributed by atoms with E-state index in [0.29, 0.717) is 31.8 Å². The molecule has 0 aromatic rings. The van der Waals surface area contributed by atoms with Gasteiger partial charge in [-0.15, -0.1) is 12.4 Å². The van der Waals surface area contributed by atoms with Gasteiger partial charge in [-0.3, -0.25) is 14.5 Å². The maximum absolute atomic E-state index is 12.8. The van der Waals surface area contributed by atoms with Crippen LogP contribution in [-0.2, 0) is 9.59 Å². The maximum atomic E-state index is 12.8. The summed E-state index contributed by atoms with van der Waals surface area (Å²) >= 11 is 0. The lowest BCUT2D eigenvalue weighted by Gasteiger charge is -2.40. The molecule has 2 aliphatic rings. The van der Waals surface area contributed by atoms with Gasteiger partial charge in [0, 0.05) is 6.54 Å². The van der Waals surface area contributed by atoms with Gasteiger partial charge in [-0.2, -0.15) is 0 Å². The standard InChI is InChI=1S/C18H32N4O3.ClH/c1-17(2,3)13-6-8-18(9-7-13)15(24)22(16(25)21-18)12-14(23)20-11-5-4-10-19;/h13H,4-12,19H2,1-3H3,(H,20,23)(H,21,25);1H. The number of imide groups is 1. The van der Waals surface area contributed by atoms with Crippen molar-refractivity contribution in [3.63, 3.8) is 0 Å². The largest absolute Gasteiger partial charge is 0.355 e. The van der Waals surface area contributed by atoms with Crippen molar-refractivity contribution in [1.29, 1.82) is 0 Å². The van der Waals surface area contributed by atoms with Crippen LogP contribution in [0.1, 0.15) is 59.3 Å². The van der Waals surface area contributed by atoms with Crippen molar-refractivity contribution in [2.45, 2.75) is 64.8 Å². The van der Waals surface area contributed by atoms with Crippen LogP contribution in [0.4, 0.5) is 4.79 Å². The van der Waals surface area contributed by atoms with E-state index in [1.807, 2.05) is 0 Å². The minimum absolute atomic E-state index is 0. The molecule has 2 rings (SSSR count). The average molecular weight is 389 g/mol. The van der Waals surface area contributed by atoms with Crippen molar-refractivity contribution in [2.75, 3.05) is 19.6 Å². The summed E-state index contributed by atoms with van der Waals surface area (Å²) in [7, 11) is 0. The van der Waals surface area contributed by atoms with Crippen LogP contribution in [-0.4, -0.2) is 47.9 Å². The molecule has 0 aromatic heterocycles. The Morgan fingerprint density at radius 2 is 1.88 bits per heavy atom. The lowest BCUT2D eigenvalue weighted by Crippen LogP contribution is -2.51. The molecule has 1 heterocycles. The zero-order chi connectivity index (χ0) is 18.7. The van der Waals surface area contributed by atoms with Gasteiger partial charge < -0.3 is 16.4 Å². The first kappa shape index (κ1) is 22.7. The number of urea groups is 1. The van der Waals surface area contributed by atoms with Crippen molar-refractivity contribution in [1.82, 2.24) is 15.5 Å².